The van der Waals surface area contributed by atoms with Crippen LogP contribution >= 0.6 is 15.9 Å². The topological polar surface area (TPSA) is 43.4 Å². The molecule has 0 aliphatic heterocycles. The van der Waals surface area contributed by atoms with Crippen LogP contribution in [-0.4, -0.2) is 26.4 Å². The van der Waals surface area contributed by atoms with Crippen LogP contribution in [0.4, 0.5) is 13.2 Å². The molecule has 0 heterocycles. The zero-order valence-electron chi connectivity index (χ0n) is 11.9. The van der Waals surface area contributed by atoms with Gasteiger partial charge in [-0.15, -0.1) is 0 Å². The van der Waals surface area contributed by atoms with Gasteiger partial charge >= 0.3 is 6.18 Å². The van der Waals surface area contributed by atoms with Crippen molar-refractivity contribution in [3.8, 4) is 0 Å². The van der Waals surface area contributed by atoms with Crippen LogP contribution < -0.4 is 0 Å². The number of hydrogen-bond donors (Lipinski definition) is 0. The number of rotatable bonds is 4. The van der Waals surface area contributed by atoms with Gasteiger partial charge in [0.1, 0.15) is 0 Å². The summed E-state index contributed by atoms with van der Waals surface area (Å²) < 4.78 is 70.2. The average Bonchev–Trinajstić information content (AvgIpc) is 2.87. The number of benzene rings is 1. The third-order valence-electron chi connectivity index (χ3n) is 3.73. The number of sulfone groups is 1. The molecular formula is C14H16BrF3O3S. The van der Waals surface area contributed by atoms with Crippen LogP contribution in [0.1, 0.15) is 31.7 Å². The molecule has 3 nitrogen and oxygen atoms in total. The van der Waals surface area contributed by atoms with Crippen molar-refractivity contribution >= 4 is 25.8 Å². The summed E-state index contributed by atoms with van der Waals surface area (Å²) in [6, 6.07) is 3.15. The zero-order valence-corrected chi connectivity index (χ0v) is 14.3. The summed E-state index contributed by atoms with van der Waals surface area (Å²) in [6.45, 7) is 2.27. The second kappa shape index (κ2) is 6.49. The Morgan fingerprint density at radius 3 is 2.59 bits per heavy atom. The van der Waals surface area contributed by atoms with E-state index in [0.717, 1.165) is 12.1 Å². The monoisotopic (exact) mass is 400 g/mol. The fraction of sp³-hybridized carbons (Fsp3) is 0.571. The average molecular weight is 401 g/mol. The lowest BCUT2D eigenvalue weighted by molar-refractivity contribution is -0.139. The third-order valence-corrected chi connectivity index (χ3v) is 6.50. The molecule has 0 saturated heterocycles. The normalized spacial score (nSPS) is 23.0. The molecule has 0 N–H and O–H groups in total. The minimum absolute atomic E-state index is 0.192. The van der Waals surface area contributed by atoms with E-state index in [-0.39, 0.29) is 17.0 Å². The van der Waals surface area contributed by atoms with Gasteiger partial charge < -0.3 is 4.74 Å². The molecule has 124 valence electrons. The molecule has 0 radical (unpaired) electrons. The first kappa shape index (κ1) is 17.7. The molecule has 1 aliphatic rings. The van der Waals surface area contributed by atoms with Crippen molar-refractivity contribution in [1.82, 2.24) is 0 Å². The van der Waals surface area contributed by atoms with E-state index in [0.29, 0.717) is 19.4 Å². The molecule has 0 bridgehead atoms. The molecule has 8 heteroatoms. The van der Waals surface area contributed by atoms with Crippen molar-refractivity contribution in [2.24, 2.45) is 0 Å². The largest absolute Gasteiger partial charge is 0.417 e. The summed E-state index contributed by atoms with van der Waals surface area (Å²) in [6.07, 6.45) is -3.81. The summed E-state index contributed by atoms with van der Waals surface area (Å²) in [7, 11) is -4.04. The molecule has 2 unspecified atom stereocenters. The zero-order chi connectivity index (χ0) is 16.5. The lowest BCUT2D eigenvalue weighted by Crippen LogP contribution is -2.23. The van der Waals surface area contributed by atoms with Crippen molar-refractivity contribution in [3.63, 3.8) is 0 Å². The molecule has 1 aromatic rings. The molecule has 22 heavy (non-hydrogen) atoms. The van der Waals surface area contributed by atoms with Gasteiger partial charge in [-0.05, 0) is 44.4 Å². The summed E-state index contributed by atoms with van der Waals surface area (Å²) >= 11 is 2.95. The lowest BCUT2D eigenvalue weighted by Gasteiger charge is -2.17. The van der Waals surface area contributed by atoms with Gasteiger partial charge in [-0.25, -0.2) is 8.42 Å². The first-order valence-electron chi connectivity index (χ1n) is 6.88. The van der Waals surface area contributed by atoms with Crippen molar-refractivity contribution in [3.05, 3.63) is 28.2 Å². The Labute approximate surface area is 135 Å². The van der Waals surface area contributed by atoms with Crippen LogP contribution in [0.15, 0.2) is 27.6 Å². The second-order valence-electron chi connectivity index (χ2n) is 5.20. The Kier molecular flexibility index (Phi) is 5.23. The van der Waals surface area contributed by atoms with Crippen LogP contribution in [-0.2, 0) is 20.8 Å². The Morgan fingerprint density at radius 2 is 2.00 bits per heavy atom. The molecular weight excluding hydrogens is 385 g/mol. The highest BCUT2D eigenvalue weighted by atomic mass is 79.9. The van der Waals surface area contributed by atoms with E-state index in [2.05, 4.69) is 15.9 Å². The first-order chi connectivity index (χ1) is 10.2. The van der Waals surface area contributed by atoms with Gasteiger partial charge in [-0.3, -0.25) is 0 Å². The van der Waals surface area contributed by atoms with Gasteiger partial charge in [-0.1, -0.05) is 15.9 Å². The Bertz CT molecular complexity index is 643. The first-order valence-corrected chi connectivity index (χ1v) is 9.22. The Balaban J connectivity index is 2.39. The molecule has 1 aliphatic carbocycles. The maximum Gasteiger partial charge on any atom is 0.417 e. The third kappa shape index (κ3) is 3.65. The molecule has 1 aromatic carbocycles. The van der Waals surface area contributed by atoms with Gasteiger partial charge in [0.2, 0.25) is 0 Å². The highest BCUT2D eigenvalue weighted by molar-refractivity contribution is 9.10. The number of halogens is 4. The summed E-state index contributed by atoms with van der Waals surface area (Å²) in [5.41, 5.74) is -1.12. The van der Waals surface area contributed by atoms with E-state index in [9.17, 15) is 21.6 Å². The Hall–Kier alpha value is -0.600. The molecule has 0 aromatic heterocycles. The van der Waals surface area contributed by atoms with Gasteiger partial charge in [0.05, 0.1) is 21.8 Å². The van der Waals surface area contributed by atoms with Crippen LogP contribution in [0.3, 0.4) is 0 Å². The highest BCUT2D eigenvalue weighted by Gasteiger charge is 2.42. The van der Waals surface area contributed by atoms with E-state index in [1.165, 1.54) is 6.07 Å². The van der Waals surface area contributed by atoms with Gasteiger partial charge in [0.15, 0.2) is 9.84 Å². The van der Waals surface area contributed by atoms with Gasteiger partial charge in [0.25, 0.3) is 0 Å². The summed E-state index contributed by atoms with van der Waals surface area (Å²) in [5.74, 6) is 0. The van der Waals surface area contributed by atoms with Crippen LogP contribution in [0.5, 0.6) is 0 Å². The smallest absolute Gasteiger partial charge is 0.378 e. The predicted molar refractivity (Wildman–Crippen MR) is 79.4 cm³/mol. The summed E-state index contributed by atoms with van der Waals surface area (Å²) in [5, 5.41) is -0.827. The minimum atomic E-state index is -4.72. The van der Waals surface area contributed by atoms with Crippen molar-refractivity contribution in [2.45, 2.75) is 48.6 Å². The van der Waals surface area contributed by atoms with E-state index in [4.69, 9.17) is 4.74 Å². The van der Waals surface area contributed by atoms with Crippen LogP contribution in [0.25, 0.3) is 0 Å². The SMILES string of the molecule is CCOC1CCC(S(=O)(=O)c2ccc(Br)cc2C(F)(F)F)C1. The van der Waals surface area contributed by atoms with Crippen LogP contribution in [0.2, 0.25) is 0 Å². The number of ether oxygens (including phenoxy) is 1. The van der Waals surface area contributed by atoms with Crippen LogP contribution in [0, 0.1) is 0 Å². The maximum absolute atomic E-state index is 13.1. The molecule has 0 spiro atoms. The highest BCUT2D eigenvalue weighted by Crippen LogP contribution is 2.39. The van der Waals surface area contributed by atoms with Crippen molar-refractivity contribution < 1.29 is 26.3 Å². The lowest BCUT2D eigenvalue weighted by atomic mass is 10.2. The summed E-state index contributed by atoms with van der Waals surface area (Å²) in [4.78, 5) is -0.648. The maximum atomic E-state index is 13.1. The second-order valence-corrected chi connectivity index (χ2v) is 8.31. The molecule has 2 rings (SSSR count). The van der Waals surface area contributed by atoms with E-state index in [1.54, 1.807) is 6.92 Å². The van der Waals surface area contributed by atoms with Crippen molar-refractivity contribution in [1.29, 1.82) is 0 Å². The fourth-order valence-electron chi connectivity index (χ4n) is 2.72. The molecule has 2 atom stereocenters. The fourth-order valence-corrected chi connectivity index (χ4v) is 5.09. The Morgan fingerprint density at radius 1 is 1.32 bits per heavy atom. The molecule has 1 fully saturated rings. The quantitative estimate of drug-likeness (QED) is 0.760. The van der Waals surface area contributed by atoms with E-state index >= 15 is 0 Å². The standard InChI is InChI=1S/C14H16BrF3O3S/c1-2-21-10-4-5-11(8-10)22(19,20)13-6-3-9(15)7-12(13)14(16,17)18/h3,6-7,10-11H,2,4-5,8H2,1H3. The van der Waals surface area contributed by atoms with E-state index in [1.807, 2.05) is 0 Å². The van der Waals surface area contributed by atoms with Crippen molar-refractivity contribution in [2.75, 3.05) is 6.61 Å². The van der Waals surface area contributed by atoms with Gasteiger partial charge in [0, 0.05) is 11.1 Å². The van der Waals surface area contributed by atoms with Gasteiger partial charge in [-0.2, -0.15) is 13.2 Å². The number of alkyl halides is 3. The predicted octanol–water partition coefficient (Wildman–Crippen LogP) is 4.20. The van der Waals surface area contributed by atoms with E-state index < -0.39 is 31.7 Å². The minimum Gasteiger partial charge on any atom is -0.378 e. The molecule has 0 amide bonds. The molecule has 1 saturated carbocycles. The number of hydrogen-bond acceptors (Lipinski definition) is 3.